The van der Waals surface area contributed by atoms with Crippen LogP contribution >= 0.6 is 0 Å². The van der Waals surface area contributed by atoms with Gasteiger partial charge in [-0.05, 0) is 29.7 Å². The lowest BCUT2D eigenvalue weighted by Crippen LogP contribution is -2.42. The second-order valence-corrected chi connectivity index (χ2v) is 5.59. The van der Waals surface area contributed by atoms with Crippen molar-refractivity contribution in [2.75, 3.05) is 18.0 Å². The molecule has 2 aromatic rings. The Morgan fingerprint density at radius 3 is 2.50 bits per heavy atom. The van der Waals surface area contributed by atoms with Gasteiger partial charge in [0.15, 0.2) is 0 Å². The fraction of sp³-hybridized carbons (Fsp3) is 0.278. The van der Waals surface area contributed by atoms with Crippen LogP contribution in [0.15, 0.2) is 48.5 Å². The Balaban J connectivity index is 2.01. The molecule has 0 aliphatic carbocycles. The predicted octanol–water partition coefficient (Wildman–Crippen LogP) is 4.46. The molecule has 1 heterocycles. The average molecular weight is 298 g/mol. The molecule has 0 atom stereocenters. The normalized spacial score (nSPS) is 17.0. The van der Waals surface area contributed by atoms with Gasteiger partial charge in [-0.25, -0.2) is 8.78 Å². The molecule has 3 rings (SSSR count). The van der Waals surface area contributed by atoms with Crippen molar-refractivity contribution in [2.24, 2.45) is 0 Å². The zero-order chi connectivity index (χ0) is 15.6. The summed E-state index contributed by atoms with van der Waals surface area (Å²) in [5.41, 5.74) is 2.99. The molecular weight excluding hydrogens is 282 g/mol. The van der Waals surface area contributed by atoms with Gasteiger partial charge in [0.25, 0.3) is 5.92 Å². The molecule has 0 aromatic heterocycles. The Hall–Kier alpha value is -2.41. The minimum atomic E-state index is -2.69. The third-order valence-electron chi connectivity index (χ3n) is 3.96. The van der Waals surface area contributed by atoms with Crippen molar-refractivity contribution in [3.63, 3.8) is 0 Å². The maximum Gasteiger partial charge on any atom is 0.265 e. The first-order valence-corrected chi connectivity index (χ1v) is 7.31. The van der Waals surface area contributed by atoms with E-state index in [0.29, 0.717) is 24.2 Å². The maximum absolute atomic E-state index is 13.7. The molecule has 4 heteroatoms. The van der Waals surface area contributed by atoms with E-state index in [0.717, 1.165) is 11.1 Å². The Kier molecular flexibility index (Phi) is 3.81. The van der Waals surface area contributed by atoms with Gasteiger partial charge in [0, 0.05) is 13.0 Å². The molecule has 1 fully saturated rings. The smallest absolute Gasteiger partial charge is 0.265 e. The average Bonchev–Trinajstić information content (AvgIpc) is 2.54. The van der Waals surface area contributed by atoms with Gasteiger partial charge in [-0.3, -0.25) is 0 Å². The minimum Gasteiger partial charge on any atom is -0.364 e. The number of rotatable bonds is 2. The largest absolute Gasteiger partial charge is 0.364 e. The van der Waals surface area contributed by atoms with Gasteiger partial charge in [-0.2, -0.15) is 5.26 Å². The summed E-state index contributed by atoms with van der Waals surface area (Å²) in [6.45, 7) is 0.239. The van der Waals surface area contributed by atoms with Gasteiger partial charge in [0.1, 0.15) is 6.07 Å². The van der Waals surface area contributed by atoms with Gasteiger partial charge >= 0.3 is 0 Å². The number of alkyl halides is 2. The van der Waals surface area contributed by atoms with Gasteiger partial charge in [0.2, 0.25) is 0 Å². The van der Waals surface area contributed by atoms with Crippen LogP contribution in [0, 0.1) is 11.3 Å². The van der Waals surface area contributed by atoms with Crippen LogP contribution in [0.2, 0.25) is 0 Å². The fourth-order valence-corrected chi connectivity index (χ4v) is 2.87. The Morgan fingerprint density at radius 2 is 1.82 bits per heavy atom. The zero-order valence-corrected chi connectivity index (χ0v) is 12.1. The molecule has 0 amide bonds. The Morgan fingerprint density at radius 1 is 1.05 bits per heavy atom. The second kappa shape index (κ2) is 5.76. The van der Waals surface area contributed by atoms with Crippen LogP contribution in [0.4, 0.5) is 14.5 Å². The highest BCUT2D eigenvalue weighted by Gasteiger charge is 2.35. The third kappa shape index (κ3) is 2.94. The van der Waals surface area contributed by atoms with E-state index in [9.17, 15) is 14.0 Å². The standard InChI is InChI=1S/C18H16F2N2/c19-18(20)9-4-10-22(13-18)17-11-15(7-8-16(17)12-21)14-5-2-1-3-6-14/h1-3,5-8,11H,4,9-10,13H2. The van der Waals surface area contributed by atoms with Gasteiger partial charge in [-0.15, -0.1) is 0 Å². The predicted molar refractivity (Wildman–Crippen MR) is 83.0 cm³/mol. The van der Waals surface area contributed by atoms with Crippen LogP contribution in [0.25, 0.3) is 11.1 Å². The summed E-state index contributed by atoms with van der Waals surface area (Å²) in [5, 5.41) is 9.28. The lowest BCUT2D eigenvalue weighted by molar-refractivity contribution is -0.0116. The SMILES string of the molecule is N#Cc1ccc(-c2ccccc2)cc1N1CCCC(F)(F)C1. The number of hydrogen-bond acceptors (Lipinski definition) is 2. The molecule has 112 valence electrons. The summed E-state index contributed by atoms with van der Waals surface area (Å²) >= 11 is 0. The first kappa shape index (κ1) is 14.5. The van der Waals surface area contributed by atoms with Crippen LogP contribution in [0.5, 0.6) is 0 Å². The molecule has 0 radical (unpaired) electrons. The van der Waals surface area contributed by atoms with E-state index in [4.69, 9.17) is 0 Å². The van der Waals surface area contributed by atoms with Crippen molar-refractivity contribution < 1.29 is 8.78 Å². The second-order valence-electron chi connectivity index (χ2n) is 5.59. The van der Waals surface area contributed by atoms with Gasteiger partial charge < -0.3 is 4.90 Å². The van der Waals surface area contributed by atoms with Crippen molar-refractivity contribution in [3.05, 3.63) is 54.1 Å². The number of benzene rings is 2. The number of piperidine rings is 1. The maximum atomic E-state index is 13.7. The van der Waals surface area contributed by atoms with Crippen LogP contribution in [-0.4, -0.2) is 19.0 Å². The van der Waals surface area contributed by atoms with Crippen LogP contribution in [-0.2, 0) is 0 Å². The topological polar surface area (TPSA) is 27.0 Å². The van der Waals surface area contributed by atoms with Crippen molar-refractivity contribution in [2.45, 2.75) is 18.8 Å². The molecular formula is C18H16F2N2. The van der Waals surface area contributed by atoms with Crippen molar-refractivity contribution in [1.82, 2.24) is 0 Å². The molecule has 0 saturated carbocycles. The Bertz CT molecular complexity index is 705. The van der Waals surface area contributed by atoms with E-state index in [2.05, 4.69) is 6.07 Å². The van der Waals surface area contributed by atoms with E-state index in [-0.39, 0.29) is 13.0 Å². The quantitative estimate of drug-likeness (QED) is 0.818. The van der Waals surface area contributed by atoms with E-state index in [1.54, 1.807) is 11.0 Å². The number of nitriles is 1. The molecule has 1 aliphatic heterocycles. The Labute approximate surface area is 128 Å². The van der Waals surface area contributed by atoms with Gasteiger partial charge in [-0.1, -0.05) is 36.4 Å². The lowest BCUT2D eigenvalue weighted by Gasteiger charge is -2.34. The summed E-state index contributed by atoms with van der Waals surface area (Å²) in [5.74, 6) is -2.69. The molecule has 0 N–H and O–H groups in total. The number of nitrogens with zero attached hydrogens (tertiary/aromatic N) is 2. The van der Waals surface area contributed by atoms with E-state index >= 15 is 0 Å². The molecule has 2 aromatic carbocycles. The van der Waals surface area contributed by atoms with Crippen molar-refractivity contribution in [3.8, 4) is 17.2 Å². The molecule has 0 bridgehead atoms. The summed E-state index contributed by atoms with van der Waals surface area (Å²) in [6, 6.07) is 17.3. The summed E-state index contributed by atoms with van der Waals surface area (Å²) in [4.78, 5) is 1.63. The molecule has 1 aliphatic rings. The minimum absolute atomic E-state index is 0.0796. The molecule has 22 heavy (non-hydrogen) atoms. The van der Waals surface area contributed by atoms with Crippen LogP contribution in [0.3, 0.4) is 0 Å². The summed E-state index contributed by atoms with van der Waals surface area (Å²) < 4.78 is 27.3. The highest BCUT2D eigenvalue weighted by Crippen LogP contribution is 2.34. The molecule has 2 nitrogen and oxygen atoms in total. The molecule has 0 spiro atoms. The van der Waals surface area contributed by atoms with E-state index < -0.39 is 5.92 Å². The van der Waals surface area contributed by atoms with Gasteiger partial charge in [0.05, 0.1) is 17.8 Å². The van der Waals surface area contributed by atoms with Crippen molar-refractivity contribution in [1.29, 1.82) is 5.26 Å². The fourth-order valence-electron chi connectivity index (χ4n) is 2.87. The number of anilines is 1. The number of hydrogen-bond donors (Lipinski definition) is 0. The van der Waals surface area contributed by atoms with Crippen LogP contribution in [0.1, 0.15) is 18.4 Å². The lowest BCUT2D eigenvalue weighted by atomic mass is 10.00. The van der Waals surface area contributed by atoms with E-state index in [1.165, 1.54) is 0 Å². The monoisotopic (exact) mass is 298 g/mol. The highest BCUT2D eigenvalue weighted by atomic mass is 19.3. The highest BCUT2D eigenvalue weighted by molar-refractivity contribution is 5.72. The first-order valence-electron chi connectivity index (χ1n) is 7.31. The zero-order valence-electron chi connectivity index (χ0n) is 12.1. The number of halogens is 2. The first-order chi connectivity index (χ1) is 10.6. The van der Waals surface area contributed by atoms with Crippen molar-refractivity contribution >= 4 is 5.69 Å². The molecule has 0 unspecified atom stereocenters. The van der Waals surface area contributed by atoms with E-state index in [1.807, 2.05) is 42.5 Å². The third-order valence-corrected chi connectivity index (χ3v) is 3.96. The van der Waals surface area contributed by atoms with Crippen LogP contribution < -0.4 is 4.90 Å². The summed E-state index contributed by atoms with van der Waals surface area (Å²) in [7, 11) is 0. The molecule has 1 saturated heterocycles. The summed E-state index contributed by atoms with van der Waals surface area (Å²) in [6.07, 6.45) is 0.358.